The Morgan fingerprint density at radius 3 is 2.21 bits per heavy atom. The highest BCUT2D eigenvalue weighted by molar-refractivity contribution is 7.85. The van der Waals surface area contributed by atoms with E-state index in [1.165, 1.54) is 0 Å². The molecule has 0 fully saturated rings. The van der Waals surface area contributed by atoms with Gasteiger partial charge in [-0.15, -0.1) is 0 Å². The topological polar surface area (TPSA) is 43.4 Å². The second kappa shape index (κ2) is 5.49. The first-order valence-corrected chi connectivity index (χ1v) is 6.19. The summed E-state index contributed by atoms with van der Waals surface area (Å²) in [6, 6.07) is 0. The fraction of sp³-hybridized carbons (Fsp3) is 0.900. The monoisotopic (exact) mass is 220 g/mol. The highest BCUT2D eigenvalue weighted by Crippen LogP contribution is 2.08. The standard InChI is InChI=1S/C10H20O3S/c1-8(2)14(12)7-6-9(11)13-10(3,4)5/h8H,6-7H2,1-5H3. The summed E-state index contributed by atoms with van der Waals surface area (Å²) in [5, 5.41) is 0.109. The van der Waals surface area contributed by atoms with E-state index < -0.39 is 16.4 Å². The number of hydrogen-bond acceptors (Lipinski definition) is 3. The van der Waals surface area contributed by atoms with E-state index in [4.69, 9.17) is 4.74 Å². The fourth-order valence-electron chi connectivity index (χ4n) is 0.812. The molecule has 0 heterocycles. The molecule has 0 amide bonds. The van der Waals surface area contributed by atoms with Crippen molar-refractivity contribution in [2.75, 3.05) is 5.75 Å². The maximum Gasteiger partial charge on any atom is 0.307 e. The molecule has 0 saturated heterocycles. The summed E-state index contributed by atoms with van der Waals surface area (Å²) >= 11 is 0. The van der Waals surface area contributed by atoms with Gasteiger partial charge in [-0.2, -0.15) is 0 Å². The Labute approximate surface area is 88.7 Å². The van der Waals surface area contributed by atoms with Gasteiger partial charge in [0.25, 0.3) is 0 Å². The third-order valence-electron chi connectivity index (χ3n) is 1.45. The Morgan fingerprint density at radius 1 is 1.36 bits per heavy atom. The molecule has 1 unspecified atom stereocenters. The van der Waals surface area contributed by atoms with Crippen molar-refractivity contribution in [3.63, 3.8) is 0 Å². The Morgan fingerprint density at radius 2 is 1.86 bits per heavy atom. The summed E-state index contributed by atoms with van der Waals surface area (Å²) in [5.41, 5.74) is -0.448. The summed E-state index contributed by atoms with van der Waals surface area (Å²) in [5.74, 6) is 0.124. The van der Waals surface area contributed by atoms with Crippen LogP contribution in [0.15, 0.2) is 0 Å². The van der Waals surface area contributed by atoms with Gasteiger partial charge < -0.3 is 4.74 Å². The van der Waals surface area contributed by atoms with Crippen LogP contribution in [0.2, 0.25) is 0 Å². The van der Waals surface area contributed by atoms with Crippen molar-refractivity contribution in [2.45, 2.75) is 51.9 Å². The van der Waals surface area contributed by atoms with Gasteiger partial charge in [-0.3, -0.25) is 9.00 Å². The van der Waals surface area contributed by atoms with Crippen molar-refractivity contribution in [3.8, 4) is 0 Å². The quantitative estimate of drug-likeness (QED) is 0.679. The third kappa shape index (κ3) is 7.06. The first kappa shape index (κ1) is 13.6. The molecule has 0 rings (SSSR count). The van der Waals surface area contributed by atoms with Crippen LogP contribution in [0.25, 0.3) is 0 Å². The second-order valence-corrected chi connectivity index (χ2v) is 6.58. The lowest BCUT2D eigenvalue weighted by molar-refractivity contribution is -0.154. The van der Waals surface area contributed by atoms with Gasteiger partial charge >= 0.3 is 5.97 Å². The van der Waals surface area contributed by atoms with E-state index in [2.05, 4.69) is 0 Å². The first-order valence-electron chi connectivity index (χ1n) is 4.81. The molecular formula is C10H20O3S. The molecule has 0 bridgehead atoms. The molecule has 0 aromatic heterocycles. The van der Waals surface area contributed by atoms with Crippen molar-refractivity contribution >= 4 is 16.8 Å². The molecule has 0 aromatic carbocycles. The molecule has 0 aliphatic heterocycles. The summed E-state index contributed by atoms with van der Waals surface area (Å²) in [6.45, 7) is 9.23. The van der Waals surface area contributed by atoms with E-state index in [1.807, 2.05) is 34.6 Å². The number of esters is 1. The molecule has 0 spiro atoms. The molecule has 0 radical (unpaired) electrons. The number of carbonyl (C=O) groups excluding carboxylic acids is 1. The minimum atomic E-state index is -0.922. The fourth-order valence-corrected chi connectivity index (χ4v) is 1.65. The molecule has 0 aromatic rings. The molecule has 0 aliphatic rings. The zero-order valence-corrected chi connectivity index (χ0v) is 10.4. The molecule has 14 heavy (non-hydrogen) atoms. The lowest BCUT2D eigenvalue weighted by atomic mass is 10.2. The van der Waals surface area contributed by atoms with Crippen LogP contribution in [0.5, 0.6) is 0 Å². The highest BCUT2D eigenvalue weighted by atomic mass is 32.2. The Balaban J connectivity index is 3.81. The van der Waals surface area contributed by atoms with Gasteiger partial charge in [0.2, 0.25) is 0 Å². The minimum absolute atomic E-state index is 0.109. The van der Waals surface area contributed by atoms with Gasteiger partial charge in [-0.05, 0) is 20.8 Å². The number of carbonyl (C=O) groups is 1. The van der Waals surface area contributed by atoms with E-state index in [1.54, 1.807) is 0 Å². The van der Waals surface area contributed by atoms with Crippen molar-refractivity contribution in [1.82, 2.24) is 0 Å². The molecule has 4 heteroatoms. The summed E-state index contributed by atoms with van der Waals surface area (Å²) in [6.07, 6.45) is 0.238. The molecular weight excluding hydrogens is 200 g/mol. The molecule has 3 nitrogen and oxygen atoms in total. The van der Waals surface area contributed by atoms with Gasteiger partial charge in [-0.1, -0.05) is 13.8 Å². The molecule has 0 aliphatic carbocycles. The van der Waals surface area contributed by atoms with E-state index in [0.717, 1.165) is 0 Å². The average Bonchev–Trinajstić information content (AvgIpc) is 1.96. The van der Waals surface area contributed by atoms with Gasteiger partial charge in [0, 0.05) is 21.8 Å². The van der Waals surface area contributed by atoms with Crippen LogP contribution in [-0.4, -0.2) is 26.8 Å². The molecule has 1 atom stereocenters. The van der Waals surface area contributed by atoms with Crippen LogP contribution < -0.4 is 0 Å². The van der Waals surface area contributed by atoms with Gasteiger partial charge in [-0.25, -0.2) is 0 Å². The van der Waals surface area contributed by atoms with Crippen LogP contribution in [0.3, 0.4) is 0 Å². The molecule has 0 N–H and O–H groups in total. The maximum absolute atomic E-state index is 11.3. The van der Waals surface area contributed by atoms with Gasteiger partial charge in [0.15, 0.2) is 0 Å². The molecule has 0 saturated carbocycles. The predicted octanol–water partition coefficient (Wildman–Crippen LogP) is 1.88. The number of hydrogen-bond donors (Lipinski definition) is 0. The summed E-state index contributed by atoms with van der Waals surface area (Å²) in [7, 11) is -0.922. The summed E-state index contributed by atoms with van der Waals surface area (Å²) < 4.78 is 16.4. The number of ether oxygens (including phenoxy) is 1. The largest absolute Gasteiger partial charge is 0.460 e. The van der Waals surface area contributed by atoms with Crippen molar-refractivity contribution in [1.29, 1.82) is 0 Å². The van der Waals surface area contributed by atoms with Crippen molar-refractivity contribution in [3.05, 3.63) is 0 Å². The van der Waals surface area contributed by atoms with E-state index in [9.17, 15) is 9.00 Å². The van der Waals surface area contributed by atoms with Gasteiger partial charge in [0.1, 0.15) is 5.60 Å². The number of rotatable bonds is 4. The maximum atomic E-state index is 11.3. The SMILES string of the molecule is CC(C)S(=O)CCC(=O)OC(C)(C)C. The lowest BCUT2D eigenvalue weighted by Crippen LogP contribution is -2.25. The summed E-state index contributed by atoms with van der Waals surface area (Å²) in [4.78, 5) is 11.2. The van der Waals surface area contributed by atoms with E-state index >= 15 is 0 Å². The zero-order chi connectivity index (χ0) is 11.4. The second-order valence-electron chi connectivity index (χ2n) is 4.47. The Hall–Kier alpha value is -0.380. The van der Waals surface area contributed by atoms with E-state index in [0.29, 0.717) is 5.75 Å². The highest BCUT2D eigenvalue weighted by Gasteiger charge is 2.17. The lowest BCUT2D eigenvalue weighted by Gasteiger charge is -2.19. The third-order valence-corrected chi connectivity index (χ3v) is 3.11. The van der Waals surface area contributed by atoms with Crippen LogP contribution in [0.4, 0.5) is 0 Å². The normalized spacial score (nSPS) is 14.1. The Bertz CT molecular complexity index is 216. The minimum Gasteiger partial charge on any atom is -0.460 e. The van der Waals surface area contributed by atoms with Crippen LogP contribution >= 0.6 is 0 Å². The van der Waals surface area contributed by atoms with Crippen LogP contribution in [0.1, 0.15) is 41.0 Å². The Kier molecular flexibility index (Phi) is 5.34. The van der Waals surface area contributed by atoms with E-state index in [-0.39, 0.29) is 17.6 Å². The first-order chi connectivity index (χ1) is 6.22. The smallest absolute Gasteiger partial charge is 0.307 e. The molecule has 84 valence electrons. The van der Waals surface area contributed by atoms with Crippen molar-refractivity contribution in [2.24, 2.45) is 0 Å². The average molecular weight is 220 g/mol. The van der Waals surface area contributed by atoms with Gasteiger partial charge in [0.05, 0.1) is 6.42 Å². The zero-order valence-electron chi connectivity index (χ0n) is 9.62. The van der Waals surface area contributed by atoms with Crippen LogP contribution in [0, 0.1) is 0 Å². The van der Waals surface area contributed by atoms with Crippen LogP contribution in [-0.2, 0) is 20.3 Å². The van der Waals surface area contributed by atoms with Crippen molar-refractivity contribution < 1.29 is 13.7 Å². The predicted molar refractivity (Wildman–Crippen MR) is 58.6 cm³/mol.